The summed E-state index contributed by atoms with van der Waals surface area (Å²) in [6.45, 7) is -0.674. The average Bonchev–Trinajstić information content (AvgIpc) is 3.20. The van der Waals surface area contributed by atoms with E-state index in [1.54, 1.807) is 30.3 Å². The lowest BCUT2D eigenvalue weighted by atomic mass is 10.1. The zero-order valence-corrected chi connectivity index (χ0v) is 17.4. The molecule has 7 nitrogen and oxygen atoms in total. The van der Waals surface area contributed by atoms with Crippen molar-refractivity contribution in [2.24, 2.45) is 0 Å². The number of rotatable bonds is 5. The fraction of sp³-hybridized carbons (Fsp3) is 0.0909. The van der Waals surface area contributed by atoms with Crippen LogP contribution < -0.4 is 10.9 Å². The highest BCUT2D eigenvalue weighted by Gasteiger charge is 2.33. The van der Waals surface area contributed by atoms with Crippen LogP contribution in [0.2, 0.25) is 0 Å². The van der Waals surface area contributed by atoms with Crippen molar-refractivity contribution in [2.45, 2.75) is 12.7 Å². The average molecular weight is 473 g/mol. The Bertz CT molecular complexity index is 1430. The van der Waals surface area contributed by atoms with Gasteiger partial charge in [0.1, 0.15) is 17.2 Å². The maximum Gasteiger partial charge on any atom is 0.418 e. The second kappa shape index (κ2) is 8.51. The van der Waals surface area contributed by atoms with Crippen molar-refractivity contribution >= 4 is 39.1 Å². The van der Waals surface area contributed by atoms with Crippen molar-refractivity contribution in [3.05, 3.63) is 81.5 Å². The van der Waals surface area contributed by atoms with E-state index in [0.29, 0.717) is 5.56 Å². The third-order valence-electron chi connectivity index (χ3n) is 4.76. The number of aromatic carboxylic acids is 1. The van der Waals surface area contributed by atoms with Gasteiger partial charge in [-0.15, -0.1) is 11.3 Å². The van der Waals surface area contributed by atoms with E-state index >= 15 is 0 Å². The monoisotopic (exact) mass is 473 g/mol. The maximum atomic E-state index is 13.3. The molecule has 0 atom stereocenters. The summed E-state index contributed by atoms with van der Waals surface area (Å²) in [6.07, 6.45) is -4.69. The molecule has 0 aliphatic rings. The van der Waals surface area contributed by atoms with Gasteiger partial charge in [0.2, 0.25) is 5.91 Å². The minimum absolute atomic E-state index is 0.0890. The Labute approximate surface area is 187 Å². The Hall–Kier alpha value is -3.99. The number of fused-ring (bicyclic) bond motifs is 1. The number of hydrogen-bond acceptors (Lipinski definition) is 5. The number of benzene rings is 2. The Morgan fingerprint density at radius 1 is 1.06 bits per heavy atom. The van der Waals surface area contributed by atoms with E-state index in [0.717, 1.165) is 28.0 Å². The third-order valence-corrected chi connectivity index (χ3v) is 5.64. The number of anilines is 1. The summed E-state index contributed by atoms with van der Waals surface area (Å²) in [5, 5.41) is 12.7. The molecule has 2 aromatic heterocycles. The van der Waals surface area contributed by atoms with Gasteiger partial charge in [0, 0.05) is 10.9 Å². The molecule has 168 valence electrons. The van der Waals surface area contributed by atoms with Crippen molar-refractivity contribution in [2.75, 3.05) is 5.32 Å². The molecule has 1 amide bonds. The van der Waals surface area contributed by atoms with Crippen LogP contribution in [-0.4, -0.2) is 26.5 Å². The van der Waals surface area contributed by atoms with E-state index in [1.807, 2.05) is 0 Å². The summed E-state index contributed by atoms with van der Waals surface area (Å²) < 4.78 is 40.8. The summed E-state index contributed by atoms with van der Waals surface area (Å²) in [5.74, 6) is -2.15. The van der Waals surface area contributed by atoms with E-state index < -0.39 is 41.4 Å². The van der Waals surface area contributed by atoms with Crippen molar-refractivity contribution in [3.63, 3.8) is 0 Å². The number of thiophene rings is 1. The molecule has 0 aliphatic carbocycles. The first-order valence-corrected chi connectivity index (χ1v) is 10.3. The van der Waals surface area contributed by atoms with Gasteiger partial charge in [-0.1, -0.05) is 42.5 Å². The smallest absolute Gasteiger partial charge is 0.418 e. The summed E-state index contributed by atoms with van der Waals surface area (Å²) in [5.41, 5.74) is -2.06. The molecule has 0 spiro atoms. The number of carbonyl (C=O) groups excluding carboxylic acids is 1. The van der Waals surface area contributed by atoms with Crippen molar-refractivity contribution < 1.29 is 27.9 Å². The van der Waals surface area contributed by atoms with Crippen LogP contribution in [0.15, 0.2) is 64.8 Å². The Morgan fingerprint density at radius 2 is 1.73 bits per heavy atom. The molecule has 4 rings (SSSR count). The zero-order chi connectivity index (χ0) is 23.8. The predicted octanol–water partition coefficient (Wildman–Crippen LogP) is 4.48. The quantitative estimate of drug-likeness (QED) is 0.445. The summed E-state index contributed by atoms with van der Waals surface area (Å²) in [6, 6.07) is 12.9. The van der Waals surface area contributed by atoms with Crippen LogP contribution in [0.1, 0.15) is 15.9 Å². The van der Waals surface area contributed by atoms with Crippen molar-refractivity contribution in [3.8, 4) is 11.4 Å². The standard InChI is InChI=1S/C22H14F3N3O4S/c23-22(24,25)14-8-4-5-9-15(14)26-16(29)10-28-18(12-6-2-1-3-7-12)27-19-17(20(28)30)13(11-33-19)21(31)32/h1-9,11H,10H2,(H,26,29)(H,31,32). The van der Waals surface area contributed by atoms with Crippen LogP contribution in [0.4, 0.5) is 18.9 Å². The fourth-order valence-corrected chi connectivity index (χ4v) is 4.21. The van der Waals surface area contributed by atoms with Gasteiger partial charge in [0.15, 0.2) is 0 Å². The van der Waals surface area contributed by atoms with Gasteiger partial charge < -0.3 is 10.4 Å². The molecule has 2 heterocycles. The number of alkyl halides is 3. The lowest BCUT2D eigenvalue weighted by Crippen LogP contribution is -2.30. The number of carbonyl (C=O) groups is 2. The highest BCUT2D eigenvalue weighted by molar-refractivity contribution is 7.17. The molecular weight excluding hydrogens is 459 g/mol. The van der Waals surface area contributed by atoms with Crippen molar-refractivity contribution in [1.82, 2.24) is 9.55 Å². The summed E-state index contributed by atoms with van der Waals surface area (Å²) >= 11 is 0.969. The van der Waals surface area contributed by atoms with E-state index in [-0.39, 0.29) is 21.6 Å². The van der Waals surface area contributed by atoms with Crippen molar-refractivity contribution in [1.29, 1.82) is 0 Å². The van der Waals surface area contributed by atoms with Gasteiger partial charge in [0.25, 0.3) is 5.56 Å². The molecule has 0 unspecified atom stereocenters. The number of carboxylic acids is 1. The SMILES string of the molecule is O=C(Cn1c(-c2ccccc2)nc2scc(C(=O)O)c2c1=O)Nc1ccccc1C(F)(F)F. The van der Waals surface area contributed by atoms with Crippen LogP contribution in [-0.2, 0) is 17.5 Å². The first-order valence-electron chi connectivity index (χ1n) is 9.43. The van der Waals surface area contributed by atoms with Gasteiger partial charge in [-0.25, -0.2) is 9.78 Å². The lowest BCUT2D eigenvalue weighted by molar-refractivity contribution is -0.137. The molecule has 0 saturated carbocycles. The van der Waals surface area contributed by atoms with Crippen LogP contribution in [0, 0.1) is 0 Å². The normalized spacial score (nSPS) is 11.5. The predicted molar refractivity (Wildman–Crippen MR) is 116 cm³/mol. The minimum Gasteiger partial charge on any atom is -0.478 e. The van der Waals surface area contributed by atoms with Gasteiger partial charge in [-0.3, -0.25) is 14.2 Å². The molecule has 0 saturated heterocycles. The highest BCUT2D eigenvalue weighted by Crippen LogP contribution is 2.34. The molecule has 0 bridgehead atoms. The van der Waals surface area contributed by atoms with Crippen LogP contribution in [0.3, 0.4) is 0 Å². The lowest BCUT2D eigenvalue weighted by Gasteiger charge is -2.15. The Morgan fingerprint density at radius 3 is 2.39 bits per heavy atom. The van der Waals surface area contributed by atoms with E-state index in [2.05, 4.69) is 10.3 Å². The number of amides is 1. The molecule has 33 heavy (non-hydrogen) atoms. The molecule has 0 fully saturated rings. The number of hydrogen-bond donors (Lipinski definition) is 2. The topological polar surface area (TPSA) is 101 Å². The van der Waals surface area contributed by atoms with Gasteiger partial charge in [-0.05, 0) is 12.1 Å². The molecule has 2 N–H and O–H groups in total. The summed E-state index contributed by atoms with van der Waals surface area (Å²) in [7, 11) is 0. The second-order valence-corrected chi connectivity index (χ2v) is 7.78. The van der Waals surface area contributed by atoms with Gasteiger partial charge >= 0.3 is 12.1 Å². The van der Waals surface area contributed by atoms with Gasteiger partial charge in [0.05, 0.1) is 22.2 Å². The molecule has 0 aliphatic heterocycles. The van der Waals surface area contributed by atoms with Gasteiger partial charge in [-0.2, -0.15) is 13.2 Å². The van der Waals surface area contributed by atoms with Crippen LogP contribution in [0.5, 0.6) is 0 Å². The minimum atomic E-state index is -4.69. The first-order chi connectivity index (χ1) is 15.7. The second-order valence-electron chi connectivity index (χ2n) is 6.92. The van der Waals surface area contributed by atoms with E-state index in [9.17, 15) is 32.7 Å². The highest BCUT2D eigenvalue weighted by atomic mass is 32.1. The Balaban J connectivity index is 1.81. The molecule has 0 radical (unpaired) electrons. The number of nitrogens with one attached hydrogen (secondary N) is 1. The number of halogens is 3. The number of para-hydroxylation sites is 1. The largest absolute Gasteiger partial charge is 0.478 e. The number of carboxylic acid groups (broad SMARTS) is 1. The third kappa shape index (κ3) is 4.35. The van der Waals surface area contributed by atoms with E-state index in [4.69, 9.17) is 0 Å². The fourth-order valence-electron chi connectivity index (χ4n) is 3.31. The van der Waals surface area contributed by atoms with Crippen LogP contribution in [0.25, 0.3) is 21.6 Å². The summed E-state index contributed by atoms with van der Waals surface area (Å²) in [4.78, 5) is 42.0. The maximum absolute atomic E-state index is 13.3. The molecule has 11 heteroatoms. The molecule has 2 aromatic carbocycles. The molecule has 4 aromatic rings. The zero-order valence-electron chi connectivity index (χ0n) is 16.6. The molecular formula is C22H14F3N3O4S. The van der Waals surface area contributed by atoms with Crippen LogP contribution >= 0.6 is 11.3 Å². The Kier molecular flexibility index (Phi) is 5.73. The first kappa shape index (κ1) is 22.2. The number of nitrogens with zero attached hydrogens (tertiary/aromatic N) is 2. The number of aromatic nitrogens is 2. The van der Waals surface area contributed by atoms with E-state index in [1.165, 1.54) is 17.5 Å².